The number of hydrogen-bond acceptors (Lipinski definition) is 7. The maximum atomic E-state index is 13.3. The van der Waals surface area contributed by atoms with Gasteiger partial charge in [0.15, 0.2) is 0 Å². The van der Waals surface area contributed by atoms with Gasteiger partial charge in [-0.3, -0.25) is 29.7 Å². The Balaban J connectivity index is 0.00000228. The molecular weight excluding hydrogens is 552 g/mol. The molecule has 7 nitrogen and oxygen atoms in total. The molecule has 36 heavy (non-hydrogen) atoms. The molecule has 0 bridgehead atoms. The summed E-state index contributed by atoms with van der Waals surface area (Å²) in [6.07, 6.45) is 6.31. The number of aromatic nitrogens is 4. The molecule has 4 heterocycles. The molecule has 0 spiro atoms. The fourth-order valence-electron chi connectivity index (χ4n) is 3.89. The van der Waals surface area contributed by atoms with Gasteiger partial charge in [0.1, 0.15) is 0 Å². The van der Waals surface area contributed by atoms with Gasteiger partial charge >= 0.3 is 0 Å². The van der Waals surface area contributed by atoms with Crippen molar-refractivity contribution in [2.45, 2.75) is 32.3 Å². The minimum absolute atomic E-state index is 0. The summed E-state index contributed by atoms with van der Waals surface area (Å²) in [5.41, 5.74) is 3.74. The smallest absolute Gasteiger partial charge is 0.0544 e. The van der Waals surface area contributed by atoms with E-state index >= 15 is 0 Å². The van der Waals surface area contributed by atoms with Gasteiger partial charge in [-0.05, 0) is 61.6 Å². The fourth-order valence-corrected chi connectivity index (χ4v) is 3.89. The first-order valence-corrected chi connectivity index (χ1v) is 11.4. The van der Waals surface area contributed by atoms with E-state index in [0.29, 0.717) is 39.3 Å². The van der Waals surface area contributed by atoms with Crippen LogP contribution in [0.25, 0.3) is 0 Å². The summed E-state index contributed by atoms with van der Waals surface area (Å²) in [5.74, 6) is 0. The third-order valence-corrected chi connectivity index (χ3v) is 5.37. The van der Waals surface area contributed by atoms with E-state index in [-0.39, 0.29) is 39.0 Å². The molecule has 9 heteroatoms. The van der Waals surface area contributed by atoms with Crippen molar-refractivity contribution in [2.24, 2.45) is 0 Å². The Bertz CT molecular complexity index is 922. The molecule has 0 aliphatic rings. The summed E-state index contributed by atoms with van der Waals surface area (Å²) in [7, 11) is 0. The van der Waals surface area contributed by atoms with E-state index < -0.39 is 6.10 Å². The normalized spacial score (nSPS) is 10.8. The van der Waals surface area contributed by atoms with Crippen LogP contribution in [0.2, 0.25) is 0 Å². The van der Waals surface area contributed by atoms with Gasteiger partial charge in [0.2, 0.25) is 0 Å². The van der Waals surface area contributed by atoms with Crippen molar-refractivity contribution in [3.8, 4) is 0 Å². The molecule has 0 saturated heterocycles. The second kappa shape index (κ2) is 16.5. The zero-order chi connectivity index (χ0) is 23.4. The summed E-state index contributed by atoms with van der Waals surface area (Å²) in [6.45, 7) is 3.14. The van der Waals surface area contributed by atoms with E-state index in [4.69, 9.17) is 0 Å². The minimum atomic E-state index is -0.820. The standard InChI is InChI=1S/C27H29N6O.2Zn/c34-27(21-32(17-23-9-1-5-13-28-23)18-24-10-2-6-14-29-24)22-33(19-25-11-3-7-15-30-25)20-26-12-4-8-16-31-26;;/h1-16,27H,17-22H2;;/q-1;;/i;2*1-1. The number of hydrogen-bond donors (Lipinski definition) is 0. The Morgan fingerprint density at radius 3 is 1.00 bits per heavy atom. The third kappa shape index (κ3) is 10.4. The molecule has 0 amide bonds. The summed E-state index contributed by atoms with van der Waals surface area (Å²) < 4.78 is 0. The Morgan fingerprint density at radius 1 is 0.500 bits per heavy atom. The minimum Gasteiger partial charge on any atom is -0.850 e. The molecule has 178 valence electrons. The first-order valence-electron chi connectivity index (χ1n) is 11.4. The molecule has 0 aromatic carbocycles. The maximum Gasteiger partial charge on any atom is 0.0544 e. The van der Waals surface area contributed by atoms with Crippen LogP contribution in [0.1, 0.15) is 22.8 Å². The number of nitrogens with zero attached hydrogens (tertiary/aromatic N) is 6. The molecule has 0 saturated carbocycles. The van der Waals surface area contributed by atoms with Crippen LogP contribution in [0.3, 0.4) is 0 Å². The fraction of sp³-hybridized carbons (Fsp3) is 0.259. The van der Waals surface area contributed by atoms with Crippen molar-refractivity contribution < 1.29 is 44.1 Å². The Hall–Kier alpha value is -2.27. The van der Waals surface area contributed by atoms with E-state index in [9.17, 15) is 5.11 Å². The van der Waals surface area contributed by atoms with Crippen LogP contribution in [-0.2, 0) is 65.1 Å². The van der Waals surface area contributed by atoms with Gasteiger partial charge in [0.25, 0.3) is 0 Å². The van der Waals surface area contributed by atoms with Crippen LogP contribution in [0.5, 0.6) is 0 Å². The van der Waals surface area contributed by atoms with Crippen molar-refractivity contribution >= 4 is 0 Å². The third-order valence-electron chi connectivity index (χ3n) is 5.37. The zero-order valence-corrected chi connectivity index (χ0v) is 26.5. The molecule has 0 aliphatic carbocycles. The molecule has 0 atom stereocenters. The first kappa shape index (κ1) is 30.0. The maximum absolute atomic E-state index is 13.3. The van der Waals surface area contributed by atoms with E-state index in [2.05, 4.69) is 29.7 Å². The second-order valence-electron chi connectivity index (χ2n) is 8.25. The van der Waals surface area contributed by atoms with Crippen LogP contribution >= 0.6 is 0 Å². The van der Waals surface area contributed by atoms with Crippen molar-refractivity contribution in [2.75, 3.05) is 13.1 Å². The van der Waals surface area contributed by atoms with Gasteiger partial charge < -0.3 is 5.11 Å². The van der Waals surface area contributed by atoms with Gasteiger partial charge in [-0.15, -0.1) is 6.10 Å². The Kier molecular flexibility index (Phi) is 13.7. The van der Waals surface area contributed by atoms with Crippen LogP contribution < -0.4 is 5.11 Å². The van der Waals surface area contributed by atoms with Crippen molar-refractivity contribution in [1.82, 2.24) is 29.7 Å². The molecule has 0 unspecified atom stereocenters. The van der Waals surface area contributed by atoms with E-state index in [1.54, 1.807) is 24.8 Å². The van der Waals surface area contributed by atoms with E-state index in [1.807, 2.05) is 72.8 Å². The SMILES string of the molecule is [64Zn].[64Zn].[O-]C(CN(Cc1ccccn1)Cc1ccccn1)CN(Cc1ccccn1)Cc1ccccn1. The molecule has 4 rings (SSSR count). The predicted octanol–water partition coefficient (Wildman–Crippen LogP) is 2.70. The van der Waals surface area contributed by atoms with E-state index in [0.717, 1.165) is 22.8 Å². The van der Waals surface area contributed by atoms with Crippen LogP contribution in [0.15, 0.2) is 97.6 Å². The number of rotatable bonds is 12. The van der Waals surface area contributed by atoms with Crippen molar-refractivity contribution in [3.05, 3.63) is 120 Å². The average molecular weight is 581 g/mol. The summed E-state index contributed by atoms with van der Waals surface area (Å²) in [5, 5.41) is 13.3. The summed E-state index contributed by atoms with van der Waals surface area (Å²) in [4.78, 5) is 22.1. The van der Waals surface area contributed by atoms with Crippen LogP contribution in [-0.4, -0.2) is 48.9 Å². The second-order valence-corrected chi connectivity index (χ2v) is 8.25. The predicted molar refractivity (Wildman–Crippen MR) is 129 cm³/mol. The Morgan fingerprint density at radius 2 is 0.778 bits per heavy atom. The van der Waals surface area contributed by atoms with Gasteiger partial charge in [0, 0.05) is 89.9 Å². The molecule has 0 radical (unpaired) electrons. The largest absolute Gasteiger partial charge is 0.850 e. The van der Waals surface area contributed by atoms with Crippen LogP contribution in [0, 0.1) is 0 Å². The van der Waals surface area contributed by atoms with Crippen molar-refractivity contribution in [3.63, 3.8) is 0 Å². The average Bonchev–Trinajstić information content (AvgIpc) is 2.86. The van der Waals surface area contributed by atoms with Gasteiger partial charge in [-0.25, -0.2) is 0 Å². The first-order chi connectivity index (χ1) is 16.7. The molecule has 4 aromatic heterocycles. The molecular formula is C27H29N6OZn2-. The zero-order valence-electron chi connectivity index (χ0n) is 20.6. The summed E-state index contributed by atoms with van der Waals surface area (Å²) in [6, 6.07) is 23.4. The molecule has 0 aliphatic heterocycles. The molecule has 0 fully saturated rings. The van der Waals surface area contributed by atoms with E-state index in [1.165, 1.54) is 0 Å². The van der Waals surface area contributed by atoms with Gasteiger partial charge in [0.05, 0.1) is 22.8 Å². The summed E-state index contributed by atoms with van der Waals surface area (Å²) >= 11 is 0. The number of pyridine rings is 4. The molecule has 4 aromatic rings. The van der Waals surface area contributed by atoms with Gasteiger partial charge in [-0.1, -0.05) is 24.3 Å². The Labute approximate surface area is 238 Å². The molecule has 0 N–H and O–H groups in total. The quantitative estimate of drug-likeness (QED) is 0.238. The monoisotopic (exact) mass is 581 g/mol. The van der Waals surface area contributed by atoms with Gasteiger partial charge in [-0.2, -0.15) is 0 Å². The van der Waals surface area contributed by atoms with Crippen molar-refractivity contribution in [1.29, 1.82) is 0 Å². The topological polar surface area (TPSA) is 81.1 Å². The van der Waals surface area contributed by atoms with Crippen LogP contribution in [0.4, 0.5) is 0 Å².